The molecule has 0 aliphatic carbocycles. The second-order valence-electron chi connectivity index (χ2n) is 0.961. The van der Waals surface area contributed by atoms with Crippen molar-refractivity contribution in [3.05, 3.63) is 0 Å². The van der Waals surface area contributed by atoms with E-state index >= 15 is 0 Å². The summed E-state index contributed by atoms with van der Waals surface area (Å²) in [6, 6.07) is 0. The van der Waals surface area contributed by atoms with Gasteiger partial charge in [0.15, 0.2) is 0 Å². The first-order valence-corrected chi connectivity index (χ1v) is 4.44. The quantitative estimate of drug-likeness (QED) is 0.243. The van der Waals surface area contributed by atoms with E-state index in [1.165, 1.54) is 0 Å². The predicted octanol–water partition coefficient (Wildman–Crippen LogP) is -1.94. The molecular weight excluding hydrogens is 343 g/mol. The molecule has 0 aliphatic heterocycles. The van der Waals surface area contributed by atoms with E-state index in [2.05, 4.69) is 0 Å². The van der Waals surface area contributed by atoms with Crippen LogP contribution in [0, 0.1) is 0 Å². The van der Waals surface area contributed by atoms with Crippen molar-refractivity contribution in [2.75, 3.05) is 0 Å². The molecule has 0 saturated carbocycles. The van der Waals surface area contributed by atoms with E-state index in [1.807, 2.05) is 0 Å². The average Bonchev–Trinajstić information content (AvgIpc) is 1.12. The number of rotatable bonds is 0. The minimum Gasteiger partial charge on any atom is -2.00 e. The second-order valence-corrected chi connectivity index (χ2v) is 2.88. The van der Waals surface area contributed by atoms with Gasteiger partial charge in [-0.1, -0.05) is 0 Å². The van der Waals surface area contributed by atoms with Crippen molar-refractivity contribution in [1.82, 2.24) is 0 Å². The van der Waals surface area contributed by atoms with Gasteiger partial charge < -0.3 is 31.1 Å². The first kappa shape index (κ1) is 44.5. The smallest absolute Gasteiger partial charge is 2.00 e. The van der Waals surface area contributed by atoms with Crippen LogP contribution in [-0.2, 0) is 66.1 Å². The summed E-state index contributed by atoms with van der Waals surface area (Å²) in [5.74, 6) is 0. The van der Waals surface area contributed by atoms with E-state index < -0.39 is 18.2 Å². The Morgan fingerprint density at radius 2 is 0.800 bits per heavy atom. The Hall–Kier alpha value is 0.925. The van der Waals surface area contributed by atoms with E-state index in [1.54, 1.807) is 0 Å². The fraction of sp³-hybridized carbons (Fsp3) is 0. The molecule has 0 rings (SSSR count). The number of hydrogen-bond donors (Lipinski definition) is 5. The molecule has 2 radical (unpaired) electrons. The molecule has 0 aromatic carbocycles. The molecule has 0 bridgehead atoms. The Bertz CT molecular complexity index is 196. The maximum atomic E-state index is 8.88. The number of phosphoric acid groups is 1. The molecule has 0 heterocycles. The van der Waals surface area contributed by atoms with Gasteiger partial charge in [-0.2, -0.15) is 8.42 Å². The molecule has 0 aromatic heterocycles. The SMILES string of the molecule is O=P(O)(O)O.O=S(=O)(O)O.[Cr+3].[Cr+3].[O-2].[O-2].[O-2]. The van der Waals surface area contributed by atoms with Gasteiger partial charge in [-0.3, -0.25) is 9.11 Å². The Labute approximate surface area is 106 Å². The van der Waals surface area contributed by atoms with Crippen molar-refractivity contribution in [2.24, 2.45) is 0 Å². The van der Waals surface area contributed by atoms with Gasteiger partial charge in [0.25, 0.3) is 0 Å². The summed E-state index contributed by atoms with van der Waals surface area (Å²) in [4.78, 5) is 21.6. The van der Waals surface area contributed by atoms with Crippen LogP contribution in [0.5, 0.6) is 0 Å². The van der Waals surface area contributed by atoms with E-state index in [0.29, 0.717) is 0 Å². The van der Waals surface area contributed by atoms with Gasteiger partial charge in [0, 0.05) is 0 Å². The van der Waals surface area contributed by atoms with Crippen LogP contribution in [-0.4, -0.2) is 32.2 Å². The fourth-order valence-corrected chi connectivity index (χ4v) is 0. The zero-order chi connectivity index (χ0) is 9.00. The van der Waals surface area contributed by atoms with Crippen LogP contribution < -0.4 is 0 Å². The minimum absolute atomic E-state index is 0. The molecule has 0 saturated heterocycles. The van der Waals surface area contributed by atoms with Gasteiger partial charge in [0.05, 0.1) is 0 Å². The normalized spacial score (nSPS) is 7.80. The summed E-state index contributed by atoms with van der Waals surface area (Å²) >= 11 is 0. The molecule has 15 heteroatoms. The van der Waals surface area contributed by atoms with Gasteiger partial charge in [-0.25, -0.2) is 4.57 Å². The van der Waals surface area contributed by atoms with Gasteiger partial charge >= 0.3 is 52.9 Å². The van der Waals surface area contributed by atoms with E-state index in [9.17, 15) is 0 Å². The van der Waals surface area contributed by atoms with Crippen molar-refractivity contribution in [1.29, 1.82) is 0 Å². The second kappa shape index (κ2) is 17.3. The average molecular weight is 348 g/mol. The van der Waals surface area contributed by atoms with Gasteiger partial charge in [-0.15, -0.1) is 0 Å². The van der Waals surface area contributed by atoms with Crippen molar-refractivity contribution < 1.29 is 87.9 Å². The Morgan fingerprint density at radius 1 is 0.800 bits per heavy atom. The summed E-state index contributed by atoms with van der Waals surface area (Å²) in [6.07, 6.45) is 0. The van der Waals surface area contributed by atoms with Crippen LogP contribution in [0.3, 0.4) is 0 Å². The van der Waals surface area contributed by atoms with Gasteiger partial charge in [0.2, 0.25) is 0 Å². The van der Waals surface area contributed by atoms with Crippen molar-refractivity contribution in [3.63, 3.8) is 0 Å². The van der Waals surface area contributed by atoms with Crippen LogP contribution in [0.4, 0.5) is 0 Å². The van der Waals surface area contributed by atoms with Gasteiger partial charge in [0.1, 0.15) is 0 Å². The van der Waals surface area contributed by atoms with Crippen molar-refractivity contribution >= 4 is 18.2 Å². The molecule has 0 fully saturated rings. The molecule has 0 unspecified atom stereocenters. The monoisotopic (exact) mass is 348 g/mol. The molecule has 94 valence electrons. The Morgan fingerprint density at radius 3 is 0.800 bits per heavy atom. The molecule has 0 aromatic rings. The maximum Gasteiger partial charge on any atom is 3.00 e. The van der Waals surface area contributed by atoms with Crippen molar-refractivity contribution in [2.45, 2.75) is 0 Å². The standard InChI is InChI=1S/2Cr.H3O4P.H2O4S.3O/c;;2*1-5(2,3)4;;;/h;;(H3,1,2,3,4);(H2,1,2,3,4);;;/q2*+3;;;3*-2. The Kier molecular flexibility index (Phi) is 51.4. The molecular formula is H5Cr2O11PS. The third-order valence-corrected chi connectivity index (χ3v) is 0. The molecule has 0 amide bonds. The molecule has 5 N–H and O–H groups in total. The van der Waals surface area contributed by atoms with Crippen LogP contribution in [0.1, 0.15) is 0 Å². The Balaban J connectivity index is -0.0000000128. The minimum atomic E-state index is -4.67. The first-order chi connectivity index (χ1) is 4.00. The predicted molar refractivity (Wildman–Crippen MR) is 30.5 cm³/mol. The van der Waals surface area contributed by atoms with Crippen LogP contribution in [0.2, 0.25) is 0 Å². The van der Waals surface area contributed by atoms with Crippen molar-refractivity contribution in [3.8, 4) is 0 Å². The van der Waals surface area contributed by atoms with Crippen LogP contribution in [0.15, 0.2) is 0 Å². The van der Waals surface area contributed by atoms with E-state index in [-0.39, 0.29) is 51.2 Å². The number of hydrogen-bond acceptors (Lipinski definition) is 3. The van der Waals surface area contributed by atoms with Crippen LogP contribution >= 0.6 is 7.82 Å². The third-order valence-electron chi connectivity index (χ3n) is 0. The molecule has 0 atom stereocenters. The molecule has 0 aliphatic rings. The largest absolute Gasteiger partial charge is 3.00 e. The van der Waals surface area contributed by atoms with E-state index in [0.717, 1.165) is 0 Å². The summed E-state index contributed by atoms with van der Waals surface area (Å²) in [5.41, 5.74) is 0. The summed E-state index contributed by atoms with van der Waals surface area (Å²) in [5, 5.41) is 0. The van der Waals surface area contributed by atoms with E-state index in [4.69, 9.17) is 36.8 Å². The fourth-order valence-electron chi connectivity index (χ4n) is 0. The maximum absolute atomic E-state index is 8.88. The van der Waals surface area contributed by atoms with Crippen LogP contribution in [0.25, 0.3) is 0 Å². The molecule has 15 heavy (non-hydrogen) atoms. The zero-order valence-corrected chi connectivity index (χ0v) is 10.6. The zero-order valence-electron chi connectivity index (χ0n) is 6.36. The van der Waals surface area contributed by atoms with Gasteiger partial charge in [-0.05, 0) is 0 Å². The summed E-state index contributed by atoms with van der Waals surface area (Å²) in [7, 11) is -9.31. The topological polar surface area (TPSA) is 238 Å². The summed E-state index contributed by atoms with van der Waals surface area (Å²) < 4.78 is 40.5. The molecule has 11 nitrogen and oxygen atoms in total. The summed E-state index contributed by atoms with van der Waals surface area (Å²) in [6.45, 7) is 0. The first-order valence-electron chi connectivity index (χ1n) is 1.48. The third kappa shape index (κ3) is 2910. The molecule has 0 spiro atoms.